The highest BCUT2D eigenvalue weighted by atomic mass is 16.5. The minimum atomic E-state index is -0.459. The first-order valence-corrected chi connectivity index (χ1v) is 6.69. The highest BCUT2D eigenvalue weighted by Crippen LogP contribution is 2.23. The summed E-state index contributed by atoms with van der Waals surface area (Å²) in [5, 5.41) is 7.12. The van der Waals surface area contributed by atoms with Crippen molar-refractivity contribution >= 4 is 17.3 Å². The van der Waals surface area contributed by atoms with Gasteiger partial charge in [-0.25, -0.2) is 0 Å². The Morgan fingerprint density at radius 2 is 1.86 bits per heavy atom. The van der Waals surface area contributed by atoms with E-state index in [2.05, 4.69) is 15.5 Å². The average Bonchev–Trinajstić information content (AvgIpc) is 2.94. The molecule has 0 fully saturated rings. The molecule has 0 unspecified atom stereocenters. The van der Waals surface area contributed by atoms with Crippen molar-refractivity contribution in [1.82, 2.24) is 10.1 Å². The van der Waals surface area contributed by atoms with Crippen LogP contribution < -0.4 is 11.1 Å². The molecule has 0 saturated carbocycles. The van der Waals surface area contributed by atoms with Crippen LogP contribution >= 0.6 is 0 Å². The molecule has 1 heterocycles. The van der Waals surface area contributed by atoms with Crippen LogP contribution in [0.5, 0.6) is 0 Å². The number of hydrogen-bond acceptors (Lipinski definition) is 5. The molecule has 0 atom stereocenters. The predicted octanol–water partition coefficient (Wildman–Crippen LogP) is 2.89. The van der Waals surface area contributed by atoms with Crippen molar-refractivity contribution in [2.24, 2.45) is 5.73 Å². The summed E-state index contributed by atoms with van der Waals surface area (Å²) in [6.07, 6.45) is 0. The molecule has 1 amide bonds. The summed E-state index contributed by atoms with van der Waals surface area (Å²) < 4.78 is 4.99. The van der Waals surface area contributed by atoms with E-state index in [1.807, 2.05) is 30.3 Å². The fourth-order valence-corrected chi connectivity index (χ4v) is 2.07. The normalized spacial score (nSPS) is 10.4. The van der Waals surface area contributed by atoms with Crippen molar-refractivity contribution in [3.05, 3.63) is 60.0 Å². The standard InChI is InChI=1S/C16H14N4O2/c1-10-18-16(20-22-10)12-5-3-7-14(9-12)19-13-6-2-4-11(8-13)15(17)21/h2-9,19H,1H3,(H2,17,21). The molecule has 3 rings (SSSR count). The number of primary amides is 1. The fraction of sp³-hybridized carbons (Fsp3) is 0.0625. The van der Waals surface area contributed by atoms with E-state index in [-0.39, 0.29) is 0 Å². The van der Waals surface area contributed by atoms with Crippen molar-refractivity contribution in [3.8, 4) is 11.4 Å². The van der Waals surface area contributed by atoms with Crippen LogP contribution in [0.4, 0.5) is 11.4 Å². The molecule has 0 aliphatic heterocycles. The maximum atomic E-state index is 11.2. The second-order valence-electron chi connectivity index (χ2n) is 4.79. The number of nitrogens with one attached hydrogen (secondary N) is 1. The van der Waals surface area contributed by atoms with Crippen LogP contribution in [-0.4, -0.2) is 16.0 Å². The summed E-state index contributed by atoms with van der Waals surface area (Å²) in [4.78, 5) is 15.4. The SMILES string of the molecule is Cc1nc(-c2cccc(Nc3cccc(C(N)=O)c3)c2)no1. The summed E-state index contributed by atoms with van der Waals surface area (Å²) in [5.74, 6) is 0.592. The Kier molecular flexibility index (Phi) is 3.57. The quantitative estimate of drug-likeness (QED) is 0.771. The molecule has 1 aromatic heterocycles. The molecule has 0 bridgehead atoms. The fourth-order valence-electron chi connectivity index (χ4n) is 2.07. The van der Waals surface area contributed by atoms with Crippen LogP contribution in [0.2, 0.25) is 0 Å². The van der Waals surface area contributed by atoms with Gasteiger partial charge in [0.25, 0.3) is 0 Å². The van der Waals surface area contributed by atoms with Gasteiger partial charge in [-0.2, -0.15) is 4.98 Å². The van der Waals surface area contributed by atoms with Gasteiger partial charge in [0.2, 0.25) is 17.6 Å². The van der Waals surface area contributed by atoms with E-state index < -0.39 is 5.91 Å². The van der Waals surface area contributed by atoms with Gasteiger partial charge in [0.15, 0.2) is 0 Å². The first-order chi connectivity index (χ1) is 10.6. The van der Waals surface area contributed by atoms with Crippen LogP contribution in [0.15, 0.2) is 53.1 Å². The van der Waals surface area contributed by atoms with Crippen LogP contribution in [0.3, 0.4) is 0 Å². The molecule has 3 aromatic rings. The number of amides is 1. The van der Waals surface area contributed by atoms with Crippen LogP contribution in [-0.2, 0) is 0 Å². The molecule has 0 spiro atoms. The maximum absolute atomic E-state index is 11.2. The van der Waals surface area contributed by atoms with Crippen molar-refractivity contribution < 1.29 is 9.32 Å². The Labute approximate surface area is 127 Å². The number of carbonyl (C=O) groups is 1. The Balaban J connectivity index is 1.87. The lowest BCUT2D eigenvalue weighted by atomic mass is 10.1. The molecule has 110 valence electrons. The number of carbonyl (C=O) groups excluding carboxylic acids is 1. The van der Waals surface area contributed by atoms with Gasteiger partial charge in [0.05, 0.1) is 0 Å². The van der Waals surface area contributed by atoms with Gasteiger partial charge >= 0.3 is 0 Å². The van der Waals surface area contributed by atoms with E-state index in [1.165, 1.54) is 0 Å². The van der Waals surface area contributed by atoms with Gasteiger partial charge in [-0.05, 0) is 30.3 Å². The summed E-state index contributed by atoms with van der Waals surface area (Å²) >= 11 is 0. The monoisotopic (exact) mass is 294 g/mol. The van der Waals surface area contributed by atoms with Gasteiger partial charge in [-0.1, -0.05) is 23.4 Å². The zero-order chi connectivity index (χ0) is 15.5. The minimum absolute atomic E-state index is 0.454. The van der Waals surface area contributed by atoms with Crippen molar-refractivity contribution in [2.45, 2.75) is 6.92 Å². The Morgan fingerprint density at radius 1 is 1.14 bits per heavy atom. The highest BCUT2D eigenvalue weighted by Gasteiger charge is 2.07. The van der Waals surface area contributed by atoms with Gasteiger partial charge in [-0.15, -0.1) is 0 Å². The number of benzene rings is 2. The number of aromatic nitrogens is 2. The zero-order valence-electron chi connectivity index (χ0n) is 11.9. The number of nitrogens with two attached hydrogens (primary N) is 1. The Hall–Kier alpha value is -3.15. The molecular weight excluding hydrogens is 280 g/mol. The van der Waals surface area contributed by atoms with Crippen LogP contribution in [0.25, 0.3) is 11.4 Å². The Bertz CT molecular complexity index is 826. The molecule has 6 nitrogen and oxygen atoms in total. The molecule has 6 heteroatoms. The van der Waals surface area contributed by atoms with Gasteiger partial charge in [-0.3, -0.25) is 4.79 Å². The lowest BCUT2D eigenvalue weighted by Gasteiger charge is -2.08. The summed E-state index contributed by atoms with van der Waals surface area (Å²) in [6, 6.07) is 14.6. The highest BCUT2D eigenvalue weighted by molar-refractivity contribution is 5.93. The van der Waals surface area contributed by atoms with E-state index in [0.29, 0.717) is 17.3 Å². The molecule has 22 heavy (non-hydrogen) atoms. The second kappa shape index (κ2) is 5.69. The van der Waals surface area contributed by atoms with Crippen LogP contribution in [0.1, 0.15) is 16.2 Å². The van der Waals surface area contributed by atoms with Gasteiger partial charge in [0.1, 0.15) is 0 Å². The first kappa shape index (κ1) is 13.8. The van der Waals surface area contributed by atoms with E-state index in [9.17, 15) is 4.79 Å². The van der Waals surface area contributed by atoms with Crippen molar-refractivity contribution in [3.63, 3.8) is 0 Å². The molecule has 0 radical (unpaired) electrons. The van der Waals surface area contributed by atoms with Crippen LogP contribution in [0, 0.1) is 6.92 Å². The average molecular weight is 294 g/mol. The zero-order valence-corrected chi connectivity index (χ0v) is 11.9. The number of anilines is 2. The molecule has 0 saturated heterocycles. The predicted molar refractivity (Wildman–Crippen MR) is 82.7 cm³/mol. The summed E-state index contributed by atoms with van der Waals surface area (Å²) in [6.45, 7) is 1.74. The molecule has 0 aliphatic rings. The number of rotatable bonds is 4. The summed E-state index contributed by atoms with van der Waals surface area (Å²) in [5.41, 5.74) is 8.20. The lowest BCUT2D eigenvalue weighted by Crippen LogP contribution is -2.10. The van der Waals surface area contributed by atoms with Crippen molar-refractivity contribution in [1.29, 1.82) is 0 Å². The van der Waals surface area contributed by atoms with Gasteiger partial charge in [0, 0.05) is 29.4 Å². The molecule has 2 aromatic carbocycles. The maximum Gasteiger partial charge on any atom is 0.248 e. The molecule has 3 N–H and O–H groups in total. The van der Waals surface area contributed by atoms with Gasteiger partial charge < -0.3 is 15.6 Å². The first-order valence-electron chi connectivity index (χ1n) is 6.69. The van der Waals surface area contributed by atoms with E-state index in [4.69, 9.17) is 10.3 Å². The smallest absolute Gasteiger partial charge is 0.248 e. The lowest BCUT2D eigenvalue weighted by molar-refractivity contribution is 0.100. The molecular formula is C16H14N4O2. The number of aryl methyl sites for hydroxylation is 1. The van der Waals surface area contributed by atoms with Crippen molar-refractivity contribution in [2.75, 3.05) is 5.32 Å². The third kappa shape index (κ3) is 2.95. The number of hydrogen-bond donors (Lipinski definition) is 2. The van der Waals surface area contributed by atoms with E-state index in [1.54, 1.807) is 25.1 Å². The summed E-state index contributed by atoms with van der Waals surface area (Å²) in [7, 11) is 0. The molecule has 0 aliphatic carbocycles. The van der Waals surface area contributed by atoms with E-state index >= 15 is 0 Å². The third-order valence-corrected chi connectivity index (χ3v) is 3.08. The van der Waals surface area contributed by atoms with E-state index in [0.717, 1.165) is 16.9 Å². The largest absolute Gasteiger partial charge is 0.366 e. The number of nitrogens with zero attached hydrogens (tertiary/aromatic N) is 2. The second-order valence-corrected chi connectivity index (χ2v) is 4.79. The minimum Gasteiger partial charge on any atom is -0.366 e. The topological polar surface area (TPSA) is 94.0 Å². The third-order valence-electron chi connectivity index (χ3n) is 3.08. The Morgan fingerprint density at radius 3 is 2.55 bits per heavy atom.